The number of furan rings is 2. The van der Waals surface area contributed by atoms with Crippen molar-refractivity contribution in [3.8, 4) is 22.3 Å². The van der Waals surface area contributed by atoms with E-state index in [0.29, 0.717) is 24.0 Å². The van der Waals surface area contributed by atoms with Crippen LogP contribution in [0, 0.1) is 6.92 Å². The maximum absolute atomic E-state index is 15.2. The molecule has 0 bridgehead atoms. The first-order valence-corrected chi connectivity index (χ1v) is 21.9. The molecule has 0 spiro atoms. The van der Waals surface area contributed by atoms with E-state index >= 15 is 26.3 Å². The van der Waals surface area contributed by atoms with Gasteiger partial charge in [0.05, 0.1) is 51.4 Å². The van der Waals surface area contributed by atoms with Crippen molar-refractivity contribution in [1.29, 1.82) is 0 Å². The molecular weight excluding hydrogens is 869 g/mol. The highest BCUT2D eigenvalue weighted by atomic mass is 19.4. The van der Waals surface area contributed by atoms with E-state index < -0.39 is 158 Å². The predicted molar refractivity (Wildman–Crippen MR) is 264 cm³/mol. The maximum atomic E-state index is 15.2. The fourth-order valence-corrected chi connectivity index (χ4v) is 8.98. The number of alkyl halides is 6. The second-order valence-corrected chi connectivity index (χ2v) is 20.4. The minimum Gasteiger partial charge on any atom is -0.476 e. The van der Waals surface area contributed by atoms with Crippen molar-refractivity contribution in [3.63, 3.8) is 0 Å². The van der Waals surface area contributed by atoms with Gasteiger partial charge in [0, 0.05) is 50.5 Å². The van der Waals surface area contributed by atoms with Crippen molar-refractivity contribution in [3.05, 3.63) is 161 Å². The SMILES string of the molecule is [2H]c1c([2H])c2c3c(c1[2H])N(c1c([2H])c([2H])c(C(C)(C)C)c([2H])c1[2H])c1c(cc4occ(-c5c(C(F)(F)F)cc(C)cc5C(F)(F)F)c4c1[2H])B3c1occ(-c3ccc(C(C)(C)C)cc3)c1N2c1c([2H])c([2H])c(C(C)(C)C)c([2H])c1[2H]. The zero-order valence-corrected chi connectivity index (χ0v) is 38.8. The van der Waals surface area contributed by atoms with E-state index in [0.717, 1.165) is 17.4 Å². The van der Waals surface area contributed by atoms with Gasteiger partial charge in [-0.1, -0.05) is 117 Å². The van der Waals surface area contributed by atoms with Gasteiger partial charge in [0.1, 0.15) is 5.58 Å². The van der Waals surface area contributed by atoms with E-state index in [-0.39, 0.29) is 55.6 Å². The third kappa shape index (κ3) is 7.40. The molecule has 0 amide bonds. The Labute approximate surface area is 410 Å². The van der Waals surface area contributed by atoms with Gasteiger partial charge >= 0.3 is 12.4 Å². The first-order valence-electron chi connectivity index (χ1n) is 27.9. The van der Waals surface area contributed by atoms with Crippen LogP contribution in [-0.2, 0) is 28.6 Å². The van der Waals surface area contributed by atoms with Crippen LogP contribution in [-0.4, -0.2) is 6.71 Å². The van der Waals surface area contributed by atoms with Crippen molar-refractivity contribution >= 4 is 68.4 Å². The third-order valence-electron chi connectivity index (χ3n) is 12.4. The Morgan fingerprint density at radius 2 is 1.06 bits per heavy atom. The quantitative estimate of drug-likeness (QED) is 0.130. The average molecular weight is 933 g/mol. The van der Waals surface area contributed by atoms with Gasteiger partial charge in [-0.25, -0.2) is 0 Å². The standard InChI is InChI=1S/C57H51BF6N2O2/c1-32-26-42(56(59,60)61)49(43(27-32)57(62,63)64)41-31-67-48-29-44-47(28-39(41)48)65(37-22-18-35(19-23-37)54(5,6)7)45-12-11-13-46-50(45)58(44)52-51(66(46)38-24-20-36(21-25-38)55(8,9)10)40(30-68-52)33-14-16-34(17-15-33)53(2,3)4/h11-31H,1-10H3/i11D,12D,13D,18D,19D,20D,21D,22D,23D,24D,25D,28D. The van der Waals surface area contributed by atoms with Gasteiger partial charge in [0.15, 0.2) is 0 Å². The number of hydrogen-bond acceptors (Lipinski definition) is 4. The first-order chi connectivity index (χ1) is 36.8. The number of benzene rings is 6. The molecule has 0 unspecified atom stereocenters. The highest BCUT2D eigenvalue weighted by Crippen LogP contribution is 2.51. The summed E-state index contributed by atoms with van der Waals surface area (Å²) in [5, 5.41) is -0.618. The summed E-state index contributed by atoms with van der Waals surface area (Å²) < 4.78 is 219. The lowest BCUT2D eigenvalue weighted by atomic mass is 9.35. The van der Waals surface area contributed by atoms with Crippen LogP contribution in [0.2, 0.25) is 0 Å². The average Bonchev–Trinajstić information content (AvgIpc) is 2.67. The van der Waals surface area contributed by atoms with Crippen molar-refractivity contribution in [2.75, 3.05) is 9.80 Å². The molecule has 4 heterocycles. The lowest BCUT2D eigenvalue weighted by molar-refractivity contribution is -0.142. The Bertz CT molecular complexity index is 3910. The van der Waals surface area contributed by atoms with E-state index in [4.69, 9.17) is 8.83 Å². The summed E-state index contributed by atoms with van der Waals surface area (Å²) in [6.07, 6.45) is -8.80. The molecule has 0 radical (unpaired) electrons. The van der Waals surface area contributed by atoms with Crippen LogP contribution in [0.3, 0.4) is 0 Å². The summed E-state index contributed by atoms with van der Waals surface area (Å²) in [5.41, 5.74) is -9.87. The van der Waals surface area contributed by atoms with E-state index in [9.17, 15) is 16.4 Å². The Hall–Kier alpha value is -6.62. The second-order valence-electron chi connectivity index (χ2n) is 20.4. The van der Waals surface area contributed by atoms with E-state index in [2.05, 4.69) is 0 Å². The summed E-state index contributed by atoms with van der Waals surface area (Å²) in [6, 6.07) is 1.59. The molecule has 0 aliphatic carbocycles. The molecule has 6 aromatic carbocycles. The smallest absolute Gasteiger partial charge is 0.417 e. The van der Waals surface area contributed by atoms with Crippen LogP contribution in [0.25, 0.3) is 33.2 Å². The Kier molecular flexibility index (Phi) is 7.37. The van der Waals surface area contributed by atoms with Gasteiger partial charge < -0.3 is 18.6 Å². The lowest BCUT2D eigenvalue weighted by Crippen LogP contribution is -2.61. The van der Waals surface area contributed by atoms with Gasteiger partial charge in [-0.2, -0.15) is 26.3 Å². The van der Waals surface area contributed by atoms with Crippen molar-refractivity contribution in [1.82, 2.24) is 0 Å². The molecule has 0 N–H and O–H groups in total. The first kappa shape index (κ1) is 33.0. The second kappa shape index (κ2) is 15.2. The molecule has 0 saturated carbocycles. The number of rotatable bonds is 4. The number of nitrogens with zero attached hydrogens (tertiary/aromatic N) is 2. The van der Waals surface area contributed by atoms with Crippen LogP contribution >= 0.6 is 0 Å². The zero-order valence-electron chi connectivity index (χ0n) is 50.8. The van der Waals surface area contributed by atoms with Gasteiger partial charge in [-0.3, -0.25) is 0 Å². The summed E-state index contributed by atoms with van der Waals surface area (Å²) in [5.74, 6) is 0. The fraction of sp³-hybridized carbons (Fsp3) is 0.263. The van der Waals surface area contributed by atoms with Gasteiger partial charge in [-0.05, 0) is 122 Å². The van der Waals surface area contributed by atoms with Crippen LogP contribution in [0.1, 0.15) is 112 Å². The summed E-state index contributed by atoms with van der Waals surface area (Å²) >= 11 is 0. The monoisotopic (exact) mass is 932 g/mol. The van der Waals surface area contributed by atoms with Crippen molar-refractivity contribution < 1.29 is 51.6 Å². The van der Waals surface area contributed by atoms with Crippen molar-refractivity contribution in [2.24, 2.45) is 0 Å². The lowest BCUT2D eigenvalue weighted by Gasteiger charge is -2.42. The highest BCUT2D eigenvalue weighted by molar-refractivity contribution is 6.99. The summed E-state index contributed by atoms with van der Waals surface area (Å²) in [6.45, 7) is 15.7. The molecule has 11 heteroatoms. The molecule has 2 aliphatic rings. The number of hydrogen-bond donors (Lipinski definition) is 0. The summed E-state index contributed by atoms with van der Waals surface area (Å²) in [4.78, 5) is 2.19. The minimum absolute atomic E-state index is 0.00105. The number of aryl methyl sites for hydroxylation is 1. The normalized spacial score (nSPS) is 16.6. The molecule has 0 fully saturated rings. The van der Waals surface area contributed by atoms with Crippen LogP contribution in [0.15, 0.2) is 136 Å². The van der Waals surface area contributed by atoms with E-state index in [1.165, 1.54) is 17.2 Å². The molecule has 68 heavy (non-hydrogen) atoms. The molecule has 4 nitrogen and oxygen atoms in total. The molecule has 0 saturated heterocycles. The molecule has 2 aromatic heterocycles. The zero-order chi connectivity index (χ0) is 59.1. The van der Waals surface area contributed by atoms with Crippen LogP contribution in [0.4, 0.5) is 60.5 Å². The number of anilines is 6. The maximum Gasteiger partial charge on any atom is 0.417 e. The summed E-state index contributed by atoms with van der Waals surface area (Å²) in [7, 11) is 0. The molecule has 346 valence electrons. The fourth-order valence-electron chi connectivity index (χ4n) is 8.98. The van der Waals surface area contributed by atoms with Crippen LogP contribution < -0.4 is 26.4 Å². The molecule has 10 rings (SSSR count). The molecule has 2 aliphatic heterocycles. The van der Waals surface area contributed by atoms with Gasteiger partial charge in [0.2, 0.25) is 0 Å². The topological polar surface area (TPSA) is 32.8 Å². The number of halogens is 6. The minimum atomic E-state index is -5.40. The third-order valence-corrected chi connectivity index (χ3v) is 12.4. The largest absolute Gasteiger partial charge is 0.476 e. The molecular formula is C57H51BF6N2O2. The van der Waals surface area contributed by atoms with E-state index in [1.807, 2.05) is 32.9 Å². The molecule has 0 atom stereocenters. The predicted octanol–water partition coefficient (Wildman–Crippen LogP) is 15.7. The Morgan fingerprint density at radius 1 is 0.559 bits per heavy atom. The van der Waals surface area contributed by atoms with Gasteiger partial charge in [-0.15, -0.1) is 0 Å². The Balaban J connectivity index is 1.44. The Morgan fingerprint density at radius 3 is 1.57 bits per heavy atom. The number of fused-ring (bicyclic) bond motifs is 5. The van der Waals surface area contributed by atoms with Crippen molar-refractivity contribution in [2.45, 2.75) is 97.8 Å². The molecule has 8 aromatic rings. The van der Waals surface area contributed by atoms with Crippen LogP contribution in [0.5, 0.6) is 0 Å². The van der Waals surface area contributed by atoms with E-state index in [1.54, 1.807) is 53.7 Å². The van der Waals surface area contributed by atoms with Gasteiger partial charge in [0.25, 0.3) is 6.71 Å². The highest BCUT2D eigenvalue weighted by Gasteiger charge is 2.48.